The van der Waals surface area contributed by atoms with Crippen LogP contribution in [0.1, 0.15) is 27.2 Å². The van der Waals surface area contributed by atoms with Crippen LogP contribution < -0.4 is 10.6 Å². The van der Waals surface area contributed by atoms with Crippen LogP contribution in [0.3, 0.4) is 0 Å². The SMILES string of the molecule is CC(C)NC(=S)NC1CCOC1C. The van der Waals surface area contributed by atoms with E-state index in [1.807, 2.05) is 0 Å². The van der Waals surface area contributed by atoms with E-state index >= 15 is 0 Å². The second-order valence-corrected chi connectivity index (χ2v) is 4.15. The average Bonchev–Trinajstić information content (AvgIpc) is 2.34. The van der Waals surface area contributed by atoms with Crippen molar-refractivity contribution in [1.82, 2.24) is 10.6 Å². The highest BCUT2D eigenvalue weighted by atomic mass is 32.1. The number of hydrogen-bond donors (Lipinski definition) is 2. The molecule has 0 spiro atoms. The topological polar surface area (TPSA) is 33.3 Å². The van der Waals surface area contributed by atoms with Crippen molar-refractivity contribution in [3.05, 3.63) is 0 Å². The van der Waals surface area contributed by atoms with E-state index in [9.17, 15) is 0 Å². The van der Waals surface area contributed by atoms with Gasteiger partial charge in [0, 0.05) is 12.6 Å². The van der Waals surface area contributed by atoms with Gasteiger partial charge in [0.25, 0.3) is 0 Å². The normalized spacial score (nSPS) is 27.7. The number of hydrogen-bond acceptors (Lipinski definition) is 2. The van der Waals surface area contributed by atoms with E-state index < -0.39 is 0 Å². The van der Waals surface area contributed by atoms with Crippen LogP contribution in [0.25, 0.3) is 0 Å². The summed E-state index contributed by atoms with van der Waals surface area (Å²) in [5.74, 6) is 0. The minimum Gasteiger partial charge on any atom is -0.376 e. The molecule has 1 aliphatic heterocycles. The third-order valence-corrected chi connectivity index (χ3v) is 2.35. The highest BCUT2D eigenvalue weighted by Crippen LogP contribution is 2.12. The predicted molar refractivity (Wildman–Crippen MR) is 57.8 cm³/mol. The van der Waals surface area contributed by atoms with Crippen LogP contribution in [0, 0.1) is 0 Å². The van der Waals surface area contributed by atoms with E-state index in [1.54, 1.807) is 0 Å². The third-order valence-electron chi connectivity index (χ3n) is 2.11. The highest BCUT2D eigenvalue weighted by molar-refractivity contribution is 7.80. The van der Waals surface area contributed by atoms with Crippen LogP contribution in [0.2, 0.25) is 0 Å². The summed E-state index contributed by atoms with van der Waals surface area (Å²) < 4.78 is 5.42. The maximum absolute atomic E-state index is 5.42. The first kappa shape index (κ1) is 10.7. The molecule has 0 radical (unpaired) electrons. The fourth-order valence-corrected chi connectivity index (χ4v) is 1.78. The molecule has 0 aromatic heterocycles. The first-order valence-corrected chi connectivity index (χ1v) is 5.19. The Hall–Kier alpha value is -0.350. The summed E-state index contributed by atoms with van der Waals surface area (Å²) >= 11 is 5.14. The van der Waals surface area contributed by atoms with Gasteiger partial charge in [-0.1, -0.05) is 0 Å². The molecular formula is C9H18N2OS. The van der Waals surface area contributed by atoms with Crippen LogP contribution >= 0.6 is 12.2 Å². The van der Waals surface area contributed by atoms with Crippen molar-refractivity contribution in [2.24, 2.45) is 0 Å². The molecule has 4 heteroatoms. The molecule has 0 amide bonds. The first-order valence-electron chi connectivity index (χ1n) is 4.78. The van der Waals surface area contributed by atoms with Crippen LogP contribution in [0.15, 0.2) is 0 Å². The number of thiocarbonyl (C=S) groups is 1. The van der Waals surface area contributed by atoms with Crippen molar-refractivity contribution in [3.8, 4) is 0 Å². The Labute approximate surface area is 85.2 Å². The molecule has 1 saturated heterocycles. The van der Waals surface area contributed by atoms with Crippen molar-refractivity contribution in [2.45, 2.75) is 45.4 Å². The Kier molecular flexibility index (Phi) is 3.93. The molecule has 13 heavy (non-hydrogen) atoms. The number of rotatable bonds is 2. The standard InChI is InChI=1S/C9H18N2OS/c1-6(2)10-9(13)11-8-4-5-12-7(8)3/h6-8H,4-5H2,1-3H3,(H2,10,11,13). The lowest BCUT2D eigenvalue weighted by molar-refractivity contribution is 0.116. The van der Waals surface area contributed by atoms with Crippen molar-refractivity contribution >= 4 is 17.3 Å². The predicted octanol–water partition coefficient (Wildman–Crippen LogP) is 1.04. The number of nitrogens with one attached hydrogen (secondary N) is 2. The van der Waals surface area contributed by atoms with Gasteiger partial charge in [0.2, 0.25) is 0 Å². The monoisotopic (exact) mass is 202 g/mol. The van der Waals surface area contributed by atoms with Gasteiger partial charge in [0.1, 0.15) is 0 Å². The Bertz CT molecular complexity index is 184. The quantitative estimate of drug-likeness (QED) is 0.655. The minimum absolute atomic E-state index is 0.270. The van der Waals surface area contributed by atoms with Crippen molar-refractivity contribution < 1.29 is 4.74 Å². The molecule has 2 atom stereocenters. The fourth-order valence-electron chi connectivity index (χ4n) is 1.39. The van der Waals surface area contributed by atoms with Gasteiger partial charge in [-0.3, -0.25) is 0 Å². The smallest absolute Gasteiger partial charge is 0.166 e. The molecule has 1 aliphatic rings. The largest absolute Gasteiger partial charge is 0.376 e. The lowest BCUT2D eigenvalue weighted by Crippen LogP contribution is -2.46. The van der Waals surface area contributed by atoms with Crippen LogP contribution in [0.5, 0.6) is 0 Å². The zero-order chi connectivity index (χ0) is 9.84. The third kappa shape index (κ3) is 3.48. The van der Waals surface area contributed by atoms with E-state index in [2.05, 4.69) is 31.4 Å². The Morgan fingerprint density at radius 3 is 2.69 bits per heavy atom. The second kappa shape index (κ2) is 4.77. The van der Waals surface area contributed by atoms with Crippen molar-refractivity contribution in [1.29, 1.82) is 0 Å². The minimum atomic E-state index is 0.270. The van der Waals surface area contributed by atoms with E-state index in [1.165, 1.54) is 0 Å². The molecule has 2 unspecified atom stereocenters. The van der Waals surface area contributed by atoms with Crippen molar-refractivity contribution in [3.63, 3.8) is 0 Å². The molecule has 0 saturated carbocycles. The van der Waals surface area contributed by atoms with Gasteiger partial charge >= 0.3 is 0 Å². The molecule has 1 rings (SSSR count). The molecule has 3 nitrogen and oxygen atoms in total. The lowest BCUT2D eigenvalue weighted by atomic mass is 10.2. The van der Waals surface area contributed by atoms with E-state index in [-0.39, 0.29) is 6.10 Å². The summed E-state index contributed by atoms with van der Waals surface area (Å²) in [6, 6.07) is 0.761. The Balaban J connectivity index is 2.27. The Morgan fingerprint density at radius 1 is 1.54 bits per heavy atom. The summed E-state index contributed by atoms with van der Waals surface area (Å²) in [6.45, 7) is 7.05. The summed E-state index contributed by atoms with van der Waals surface area (Å²) in [5.41, 5.74) is 0. The molecule has 2 N–H and O–H groups in total. The molecule has 0 aromatic carbocycles. The summed E-state index contributed by atoms with van der Waals surface area (Å²) in [4.78, 5) is 0. The lowest BCUT2D eigenvalue weighted by Gasteiger charge is -2.20. The van der Waals surface area contributed by atoms with Gasteiger partial charge in [0.05, 0.1) is 12.1 Å². The van der Waals surface area contributed by atoms with E-state index in [0.29, 0.717) is 12.1 Å². The Morgan fingerprint density at radius 2 is 2.23 bits per heavy atom. The molecule has 1 fully saturated rings. The molecule has 0 aliphatic carbocycles. The van der Waals surface area contributed by atoms with Gasteiger partial charge in [-0.15, -0.1) is 0 Å². The van der Waals surface area contributed by atoms with Gasteiger partial charge in [-0.05, 0) is 39.4 Å². The van der Waals surface area contributed by atoms with Gasteiger partial charge in [0.15, 0.2) is 5.11 Å². The molecule has 1 heterocycles. The summed E-state index contributed by atoms with van der Waals surface area (Å²) in [7, 11) is 0. The fraction of sp³-hybridized carbons (Fsp3) is 0.889. The van der Waals surface area contributed by atoms with E-state index in [4.69, 9.17) is 17.0 Å². The molecular weight excluding hydrogens is 184 g/mol. The molecule has 0 bridgehead atoms. The van der Waals surface area contributed by atoms with E-state index in [0.717, 1.165) is 18.1 Å². The highest BCUT2D eigenvalue weighted by Gasteiger charge is 2.24. The maximum Gasteiger partial charge on any atom is 0.166 e. The zero-order valence-electron chi connectivity index (χ0n) is 8.46. The van der Waals surface area contributed by atoms with Crippen LogP contribution in [-0.4, -0.2) is 29.9 Å². The zero-order valence-corrected chi connectivity index (χ0v) is 9.28. The molecule has 0 aromatic rings. The van der Waals surface area contributed by atoms with Gasteiger partial charge in [-0.2, -0.15) is 0 Å². The summed E-state index contributed by atoms with van der Waals surface area (Å²) in [5, 5.41) is 7.14. The van der Waals surface area contributed by atoms with Crippen LogP contribution in [0.4, 0.5) is 0 Å². The van der Waals surface area contributed by atoms with Crippen LogP contribution in [-0.2, 0) is 4.74 Å². The maximum atomic E-state index is 5.42. The molecule has 76 valence electrons. The second-order valence-electron chi connectivity index (χ2n) is 3.74. The van der Waals surface area contributed by atoms with Gasteiger partial charge in [-0.25, -0.2) is 0 Å². The van der Waals surface area contributed by atoms with Gasteiger partial charge < -0.3 is 15.4 Å². The average molecular weight is 202 g/mol. The number of ether oxygens (including phenoxy) is 1. The summed E-state index contributed by atoms with van der Waals surface area (Å²) in [6.07, 6.45) is 1.31. The first-order chi connectivity index (χ1) is 6.09. The van der Waals surface area contributed by atoms with Crippen molar-refractivity contribution in [2.75, 3.05) is 6.61 Å².